The van der Waals surface area contributed by atoms with Crippen molar-refractivity contribution in [2.24, 2.45) is 0 Å². The Balaban J connectivity index is 0.000000208. The Morgan fingerprint density at radius 1 is 0.811 bits per heavy atom. The molecule has 4 rings (SSSR count). The lowest BCUT2D eigenvalue weighted by Crippen LogP contribution is -2.41. The van der Waals surface area contributed by atoms with Crippen LogP contribution in [0.4, 0.5) is 0 Å². The van der Waals surface area contributed by atoms with Gasteiger partial charge >= 0.3 is 19.1 Å². The predicted molar refractivity (Wildman–Crippen MR) is 147 cm³/mol. The molecule has 0 unspecified atom stereocenters. The first-order valence-electron chi connectivity index (χ1n) is 12.8. The van der Waals surface area contributed by atoms with Crippen LogP contribution in [0.25, 0.3) is 5.57 Å². The first-order chi connectivity index (χ1) is 17.4. The van der Waals surface area contributed by atoms with Crippen LogP contribution in [0, 0.1) is 13.8 Å². The number of benzene rings is 2. The van der Waals surface area contributed by atoms with Gasteiger partial charge in [0.25, 0.3) is 0 Å². The third-order valence-corrected chi connectivity index (χ3v) is 7.48. The van der Waals surface area contributed by atoms with Crippen LogP contribution in [-0.4, -0.2) is 44.5 Å². The molecule has 1 aliphatic heterocycles. The summed E-state index contributed by atoms with van der Waals surface area (Å²) in [6, 6.07) is 11.2. The van der Waals surface area contributed by atoms with Crippen molar-refractivity contribution in [3.63, 3.8) is 0 Å². The highest BCUT2D eigenvalue weighted by Gasteiger charge is 2.52. The molecule has 0 bridgehead atoms. The number of rotatable bonds is 4. The molecule has 0 amide bonds. The van der Waals surface area contributed by atoms with Crippen LogP contribution >= 0.6 is 0 Å². The first-order valence-corrected chi connectivity index (χ1v) is 12.8. The molecule has 0 radical (unpaired) electrons. The second-order valence-electron chi connectivity index (χ2n) is 10.6. The minimum atomic E-state index is -0.410. The van der Waals surface area contributed by atoms with Gasteiger partial charge in [0.1, 0.15) is 0 Å². The van der Waals surface area contributed by atoms with Crippen molar-refractivity contribution in [3.8, 4) is 0 Å². The highest BCUT2D eigenvalue weighted by molar-refractivity contribution is 6.62. The Morgan fingerprint density at radius 2 is 1.35 bits per heavy atom. The van der Waals surface area contributed by atoms with E-state index in [0.717, 1.165) is 23.0 Å². The number of aryl methyl sites for hydroxylation is 2. The average molecular weight is 506 g/mol. The third-order valence-electron chi connectivity index (χ3n) is 7.48. The van der Waals surface area contributed by atoms with Gasteiger partial charge in [-0.2, -0.15) is 0 Å². The smallest absolute Gasteiger partial charge is 0.465 e. The van der Waals surface area contributed by atoms with E-state index in [-0.39, 0.29) is 23.1 Å². The standard InChI is InChI=1S/C15H21BO4.C15H18O2/c1-10-9-11(13(17)18-6)7-8-12(10)16-19-14(2,3)15(4,5)20-16;1-11-10-13(15(16)17-2)8-9-14(11)12-6-4-3-5-7-12/h7-9H,1-6H3;6,8-10H,3-5,7H2,1-2H3. The highest BCUT2D eigenvalue weighted by Crippen LogP contribution is 2.36. The van der Waals surface area contributed by atoms with Crippen LogP contribution in [0.1, 0.15) is 90.8 Å². The second-order valence-corrected chi connectivity index (χ2v) is 10.6. The zero-order valence-corrected chi connectivity index (χ0v) is 23.4. The lowest BCUT2D eigenvalue weighted by Gasteiger charge is -2.32. The summed E-state index contributed by atoms with van der Waals surface area (Å²) in [5.74, 6) is -0.606. The van der Waals surface area contributed by atoms with E-state index in [1.54, 1.807) is 12.1 Å². The molecule has 37 heavy (non-hydrogen) atoms. The lowest BCUT2D eigenvalue weighted by molar-refractivity contribution is 0.00578. The van der Waals surface area contributed by atoms with Gasteiger partial charge in [-0.3, -0.25) is 0 Å². The first kappa shape index (κ1) is 28.7. The molecule has 1 aliphatic carbocycles. The molecular weight excluding hydrogens is 467 g/mol. The number of carbonyl (C=O) groups excluding carboxylic acids is 2. The summed E-state index contributed by atoms with van der Waals surface area (Å²) < 4.78 is 21.5. The van der Waals surface area contributed by atoms with E-state index in [1.807, 2.05) is 58.9 Å². The molecule has 1 saturated heterocycles. The van der Waals surface area contributed by atoms with E-state index in [4.69, 9.17) is 18.8 Å². The molecule has 2 aromatic rings. The lowest BCUT2D eigenvalue weighted by atomic mass is 9.76. The van der Waals surface area contributed by atoms with Crippen LogP contribution in [0.2, 0.25) is 0 Å². The molecule has 2 aromatic carbocycles. The average Bonchev–Trinajstić information content (AvgIpc) is 3.09. The van der Waals surface area contributed by atoms with Crippen LogP contribution in [0.5, 0.6) is 0 Å². The SMILES string of the molecule is COC(=O)c1ccc(B2OC(C)(C)C(C)(C)O2)c(C)c1.COC(=O)c1ccc(C2=CCCCC2)c(C)c1. The van der Waals surface area contributed by atoms with Crippen LogP contribution in [0.15, 0.2) is 42.5 Å². The minimum absolute atomic E-state index is 0.266. The highest BCUT2D eigenvalue weighted by atomic mass is 16.7. The van der Waals surface area contributed by atoms with Crippen molar-refractivity contribution >= 4 is 30.1 Å². The molecule has 0 atom stereocenters. The molecule has 198 valence electrons. The predicted octanol–water partition coefficient (Wildman–Crippen LogP) is 5.82. The van der Waals surface area contributed by atoms with E-state index in [1.165, 1.54) is 44.6 Å². The molecule has 7 heteroatoms. The number of esters is 2. The van der Waals surface area contributed by atoms with Gasteiger partial charge in [0.15, 0.2) is 0 Å². The molecule has 1 fully saturated rings. The van der Waals surface area contributed by atoms with Crippen molar-refractivity contribution in [2.75, 3.05) is 14.2 Å². The van der Waals surface area contributed by atoms with Gasteiger partial charge in [-0.1, -0.05) is 23.8 Å². The van der Waals surface area contributed by atoms with Gasteiger partial charge in [0, 0.05) is 0 Å². The molecule has 0 aromatic heterocycles. The zero-order chi connectivity index (χ0) is 27.4. The molecule has 6 nitrogen and oxygen atoms in total. The summed E-state index contributed by atoms with van der Waals surface area (Å²) >= 11 is 0. The van der Waals surface area contributed by atoms with Gasteiger partial charge in [-0.15, -0.1) is 0 Å². The molecule has 0 N–H and O–H groups in total. The summed E-state index contributed by atoms with van der Waals surface area (Å²) in [5.41, 5.74) is 6.16. The Morgan fingerprint density at radius 3 is 1.81 bits per heavy atom. The monoisotopic (exact) mass is 506 g/mol. The summed E-state index contributed by atoms with van der Waals surface area (Å²) in [7, 11) is 2.38. The van der Waals surface area contributed by atoms with E-state index in [2.05, 4.69) is 13.0 Å². The summed E-state index contributed by atoms with van der Waals surface area (Å²) in [4.78, 5) is 22.9. The number of allylic oxidation sites excluding steroid dienone is 2. The van der Waals surface area contributed by atoms with Crippen molar-refractivity contribution < 1.29 is 28.4 Å². The Hall–Kier alpha value is -2.90. The van der Waals surface area contributed by atoms with Crippen LogP contribution in [-0.2, 0) is 18.8 Å². The van der Waals surface area contributed by atoms with Crippen molar-refractivity contribution in [1.82, 2.24) is 0 Å². The number of methoxy groups -OCH3 is 2. The van der Waals surface area contributed by atoms with Gasteiger partial charge < -0.3 is 18.8 Å². The van der Waals surface area contributed by atoms with E-state index >= 15 is 0 Å². The normalized spacial score (nSPS) is 17.8. The maximum absolute atomic E-state index is 11.5. The molecule has 0 spiro atoms. The summed E-state index contributed by atoms with van der Waals surface area (Å²) in [5, 5.41) is 0. The summed E-state index contributed by atoms with van der Waals surface area (Å²) in [6.45, 7) is 12.1. The maximum Gasteiger partial charge on any atom is 0.495 e. The quantitative estimate of drug-likeness (QED) is 0.385. The van der Waals surface area contributed by atoms with Crippen molar-refractivity contribution in [2.45, 2.75) is 78.4 Å². The second kappa shape index (κ2) is 11.7. The van der Waals surface area contributed by atoms with Gasteiger partial charge in [0.2, 0.25) is 0 Å². The summed E-state index contributed by atoms with van der Waals surface area (Å²) in [6.07, 6.45) is 7.21. The van der Waals surface area contributed by atoms with Crippen molar-refractivity contribution in [3.05, 3.63) is 70.3 Å². The maximum atomic E-state index is 11.5. The Kier molecular flexibility index (Phi) is 9.03. The largest absolute Gasteiger partial charge is 0.495 e. The van der Waals surface area contributed by atoms with E-state index < -0.39 is 7.12 Å². The van der Waals surface area contributed by atoms with Gasteiger partial charge in [-0.05, 0) is 114 Å². The van der Waals surface area contributed by atoms with E-state index in [0.29, 0.717) is 11.1 Å². The topological polar surface area (TPSA) is 71.1 Å². The number of ether oxygens (including phenoxy) is 2. The number of carbonyl (C=O) groups is 2. The fraction of sp³-hybridized carbons (Fsp3) is 0.467. The molecular formula is C30H39BO6. The van der Waals surface area contributed by atoms with Gasteiger partial charge in [0.05, 0.1) is 36.5 Å². The minimum Gasteiger partial charge on any atom is -0.465 e. The molecule has 2 aliphatic rings. The Labute approximate surface area is 221 Å². The molecule has 1 heterocycles. The van der Waals surface area contributed by atoms with Crippen LogP contribution in [0.3, 0.4) is 0 Å². The van der Waals surface area contributed by atoms with Crippen LogP contribution < -0.4 is 5.46 Å². The van der Waals surface area contributed by atoms with Gasteiger partial charge in [-0.25, -0.2) is 9.59 Å². The number of hydrogen-bond acceptors (Lipinski definition) is 6. The zero-order valence-electron chi connectivity index (χ0n) is 23.4. The fourth-order valence-electron chi connectivity index (χ4n) is 4.51. The Bertz CT molecular complexity index is 1160. The third kappa shape index (κ3) is 6.52. The molecule has 0 saturated carbocycles. The fourth-order valence-corrected chi connectivity index (χ4v) is 4.51. The van der Waals surface area contributed by atoms with Crippen molar-refractivity contribution in [1.29, 1.82) is 0 Å². The number of hydrogen-bond donors (Lipinski definition) is 0. The van der Waals surface area contributed by atoms with E-state index in [9.17, 15) is 9.59 Å².